The minimum atomic E-state index is -4.67. The summed E-state index contributed by atoms with van der Waals surface area (Å²) in [6, 6.07) is 5.40. The number of nitrogens with zero attached hydrogens (tertiary/aromatic N) is 4. The first-order valence-electron chi connectivity index (χ1n) is 10.3. The molecule has 2 fully saturated rings. The van der Waals surface area contributed by atoms with Gasteiger partial charge in [-0.3, -0.25) is 4.79 Å². The first kappa shape index (κ1) is 20.1. The van der Waals surface area contributed by atoms with Crippen molar-refractivity contribution in [3.8, 4) is 11.5 Å². The molecule has 3 aromatic heterocycles. The van der Waals surface area contributed by atoms with E-state index in [0.717, 1.165) is 25.3 Å². The molecule has 0 aromatic carbocycles. The van der Waals surface area contributed by atoms with Crippen LogP contribution < -0.4 is 0 Å². The molecule has 1 aliphatic carbocycles. The zero-order chi connectivity index (χ0) is 22.2. The first-order valence-corrected chi connectivity index (χ1v) is 10.3. The molecule has 5 rings (SSSR count). The molecule has 2 bridgehead atoms. The van der Waals surface area contributed by atoms with Crippen molar-refractivity contribution in [2.75, 3.05) is 6.54 Å². The third-order valence-corrected chi connectivity index (χ3v) is 6.39. The first-order chi connectivity index (χ1) is 14.4. The van der Waals surface area contributed by atoms with E-state index in [2.05, 4.69) is 30.9 Å². The molecular formula is C22H23F3N4O2. The molecule has 1 saturated carbocycles. The maximum absolute atomic E-state index is 13.7. The Balaban J connectivity index is 1.56. The number of carbonyl (C=O) groups is 1. The number of hydrogen-bond donors (Lipinski definition) is 0. The molecule has 9 heteroatoms. The quantitative estimate of drug-likeness (QED) is 0.569. The lowest BCUT2D eigenvalue weighted by Crippen LogP contribution is -2.37. The van der Waals surface area contributed by atoms with Crippen molar-refractivity contribution < 1.29 is 22.4 Å². The number of rotatable bonds is 2. The third kappa shape index (κ3) is 3.40. The van der Waals surface area contributed by atoms with Gasteiger partial charge >= 0.3 is 6.18 Å². The molecule has 3 aromatic rings. The maximum atomic E-state index is 13.7. The van der Waals surface area contributed by atoms with Gasteiger partial charge in [-0.15, -0.1) is 0 Å². The Morgan fingerprint density at radius 2 is 2.00 bits per heavy atom. The van der Waals surface area contributed by atoms with Crippen molar-refractivity contribution in [3.05, 3.63) is 41.9 Å². The van der Waals surface area contributed by atoms with Crippen LogP contribution in [0, 0.1) is 10.8 Å². The van der Waals surface area contributed by atoms with Crippen molar-refractivity contribution in [3.63, 3.8) is 0 Å². The van der Waals surface area contributed by atoms with Crippen LogP contribution in [0.1, 0.15) is 56.2 Å². The van der Waals surface area contributed by atoms with Crippen LogP contribution in [0.2, 0.25) is 0 Å². The molecule has 6 nitrogen and oxygen atoms in total. The van der Waals surface area contributed by atoms with Gasteiger partial charge in [0, 0.05) is 18.7 Å². The minimum absolute atomic E-state index is 0.0169. The van der Waals surface area contributed by atoms with Crippen molar-refractivity contribution in [1.29, 1.82) is 0 Å². The number of halogens is 3. The minimum Gasteiger partial charge on any atom is -0.463 e. The second-order valence-corrected chi connectivity index (χ2v) is 9.95. The van der Waals surface area contributed by atoms with E-state index in [1.54, 1.807) is 11.0 Å². The highest BCUT2D eigenvalue weighted by Gasteiger charge is 2.51. The highest BCUT2D eigenvalue weighted by Crippen LogP contribution is 2.52. The van der Waals surface area contributed by atoms with Crippen molar-refractivity contribution in [2.45, 2.75) is 52.3 Å². The largest absolute Gasteiger partial charge is 0.463 e. The van der Waals surface area contributed by atoms with Gasteiger partial charge in [0.1, 0.15) is 5.69 Å². The number of hydrogen-bond acceptors (Lipinski definition) is 4. The van der Waals surface area contributed by atoms with E-state index < -0.39 is 11.9 Å². The Kier molecular flexibility index (Phi) is 4.11. The molecular weight excluding hydrogens is 409 g/mol. The Morgan fingerprint density at radius 3 is 2.68 bits per heavy atom. The highest BCUT2D eigenvalue weighted by molar-refractivity contribution is 5.94. The fourth-order valence-electron chi connectivity index (χ4n) is 5.68. The number of furan rings is 1. The van der Waals surface area contributed by atoms with E-state index in [1.807, 2.05) is 0 Å². The Labute approximate surface area is 177 Å². The second kappa shape index (κ2) is 6.34. The summed E-state index contributed by atoms with van der Waals surface area (Å²) in [6.45, 7) is 7.17. The van der Waals surface area contributed by atoms with Crippen LogP contribution in [0.5, 0.6) is 0 Å². The number of carbonyl (C=O) groups excluding carboxylic acids is 1. The third-order valence-electron chi connectivity index (χ3n) is 6.39. The van der Waals surface area contributed by atoms with Crippen molar-refractivity contribution >= 4 is 11.6 Å². The van der Waals surface area contributed by atoms with Crippen LogP contribution in [0.15, 0.2) is 34.9 Å². The van der Waals surface area contributed by atoms with Gasteiger partial charge in [-0.05, 0) is 48.3 Å². The summed E-state index contributed by atoms with van der Waals surface area (Å²) in [5, 5.41) is 4.03. The van der Waals surface area contributed by atoms with E-state index >= 15 is 0 Å². The van der Waals surface area contributed by atoms with Gasteiger partial charge in [0.25, 0.3) is 5.91 Å². The lowest BCUT2D eigenvalue weighted by Gasteiger charge is -2.39. The highest BCUT2D eigenvalue weighted by atomic mass is 19.4. The molecule has 0 N–H and O–H groups in total. The van der Waals surface area contributed by atoms with E-state index in [4.69, 9.17) is 4.42 Å². The van der Waals surface area contributed by atoms with Gasteiger partial charge in [0.05, 0.1) is 6.26 Å². The van der Waals surface area contributed by atoms with Crippen LogP contribution in [0.4, 0.5) is 13.2 Å². The number of likely N-dealkylation sites (tertiary alicyclic amines) is 1. The fourth-order valence-corrected chi connectivity index (χ4v) is 5.68. The predicted octanol–water partition coefficient (Wildman–Crippen LogP) is 5.05. The van der Waals surface area contributed by atoms with Gasteiger partial charge in [-0.1, -0.05) is 20.8 Å². The molecule has 0 radical (unpaired) electrons. The summed E-state index contributed by atoms with van der Waals surface area (Å²) in [6.07, 6.45) is -0.512. The molecule has 1 amide bonds. The maximum Gasteiger partial charge on any atom is 0.433 e. The van der Waals surface area contributed by atoms with Crippen LogP contribution in [0.25, 0.3) is 17.1 Å². The number of alkyl halides is 3. The van der Waals surface area contributed by atoms with Gasteiger partial charge in [0.15, 0.2) is 22.8 Å². The van der Waals surface area contributed by atoms with E-state index in [9.17, 15) is 18.0 Å². The Bertz CT molecular complexity index is 1170. The normalized spacial score (nSPS) is 25.4. The van der Waals surface area contributed by atoms with Gasteiger partial charge < -0.3 is 9.32 Å². The summed E-state index contributed by atoms with van der Waals surface area (Å²) in [7, 11) is 0. The van der Waals surface area contributed by atoms with Gasteiger partial charge in [-0.25, -0.2) is 9.50 Å². The molecule has 0 spiro atoms. The lowest BCUT2D eigenvalue weighted by atomic mass is 9.65. The SMILES string of the molecule is CC1(C)C[C@H]2C[C@](C)(CN2C(=O)c2cc3nc(-c4ccco4)cc(C(F)(F)F)n3n2)C1. The van der Waals surface area contributed by atoms with E-state index in [-0.39, 0.29) is 45.6 Å². The summed E-state index contributed by atoms with van der Waals surface area (Å²) in [5.41, 5.74) is -0.898. The zero-order valence-electron chi connectivity index (χ0n) is 17.5. The van der Waals surface area contributed by atoms with Crippen LogP contribution in [0.3, 0.4) is 0 Å². The van der Waals surface area contributed by atoms with Crippen molar-refractivity contribution in [2.24, 2.45) is 10.8 Å². The van der Waals surface area contributed by atoms with Crippen LogP contribution in [-0.2, 0) is 6.18 Å². The standard InChI is InChI=1S/C22H23F3N4O2/c1-20(2)9-13-10-21(3,11-20)12-28(13)19(30)15-8-18-26-14(16-5-4-6-31-16)7-17(22(23,24)25)29(18)27-15/h4-8,13H,9-12H2,1-3H3/t13-,21-/m0/s1. The molecule has 2 atom stereocenters. The van der Waals surface area contributed by atoms with Crippen LogP contribution in [-0.4, -0.2) is 38.0 Å². The average Bonchev–Trinajstić information content (AvgIpc) is 3.35. The Morgan fingerprint density at radius 1 is 1.23 bits per heavy atom. The van der Waals surface area contributed by atoms with E-state index in [1.165, 1.54) is 18.4 Å². The monoisotopic (exact) mass is 432 g/mol. The number of amides is 1. The molecule has 1 saturated heterocycles. The fraction of sp³-hybridized carbons (Fsp3) is 0.500. The zero-order valence-corrected chi connectivity index (χ0v) is 17.5. The second-order valence-electron chi connectivity index (χ2n) is 9.95. The summed E-state index contributed by atoms with van der Waals surface area (Å²) >= 11 is 0. The predicted molar refractivity (Wildman–Crippen MR) is 106 cm³/mol. The van der Waals surface area contributed by atoms with Gasteiger partial charge in [-0.2, -0.15) is 18.3 Å². The molecule has 1 aliphatic heterocycles. The van der Waals surface area contributed by atoms with E-state index in [0.29, 0.717) is 11.1 Å². The average molecular weight is 432 g/mol. The summed E-state index contributed by atoms with van der Waals surface area (Å²) < 4.78 is 47.2. The topological polar surface area (TPSA) is 63.6 Å². The Hall–Kier alpha value is -2.84. The number of aromatic nitrogens is 3. The summed E-state index contributed by atoms with van der Waals surface area (Å²) in [5.74, 6) is -0.129. The number of fused-ring (bicyclic) bond motifs is 3. The van der Waals surface area contributed by atoms with Crippen LogP contribution >= 0.6 is 0 Å². The lowest BCUT2D eigenvalue weighted by molar-refractivity contribution is -0.142. The molecule has 164 valence electrons. The van der Waals surface area contributed by atoms with Gasteiger partial charge in [0.2, 0.25) is 0 Å². The molecule has 31 heavy (non-hydrogen) atoms. The molecule has 2 aliphatic rings. The van der Waals surface area contributed by atoms with Crippen molar-refractivity contribution in [1.82, 2.24) is 19.5 Å². The molecule has 4 heterocycles. The smallest absolute Gasteiger partial charge is 0.433 e. The molecule has 0 unspecified atom stereocenters. The summed E-state index contributed by atoms with van der Waals surface area (Å²) in [4.78, 5) is 19.4.